The van der Waals surface area contributed by atoms with Gasteiger partial charge in [-0.2, -0.15) is 0 Å². The average molecular weight is 470 g/mol. The third kappa shape index (κ3) is 5.28. The van der Waals surface area contributed by atoms with Crippen LogP contribution in [0.15, 0.2) is 88.5 Å². The number of halogens is 2. The van der Waals surface area contributed by atoms with Gasteiger partial charge in [0, 0.05) is 0 Å². The molecule has 0 bridgehead atoms. The Balaban J connectivity index is 1.47. The number of nitrogens with zero attached hydrogens (tertiary/aromatic N) is 2. The summed E-state index contributed by atoms with van der Waals surface area (Å²) in [6.07, 6.45) is 0. The molecule has 0 unspecified atom stereocenters. The summed E-state index contributed by atoms with van der Waals surface area (Å²) < 4.78 is 5.91. The van der Waals surface area contributed by atoms with Crippen molar-refractivity contribution < 1.29 is 9.21 Å². The molecule has 5 nitrogen and oxygen atoms in total. The molecule has 1 amide bonds. The van der Waals surface area contributed by atoms with Gasteiger partial charge in [-0.1, -0.05) is 102 Å². The molecular weight excluding hydrogens is 453 g/mol. The van der Waals surface area contributed by atoms with Crippen molar-refractivity contribution in [2.45, 2.75) is 11.1 Å². The third-order valence-corrected chi connectivity index (χ3v) is 6.12. The smallest absolute Gasteiger partial charge is 0.277 e. The molecule has 0 atom stereocenters. The molecule has 31 heavy (non-hydrogen) atoms. The van der Waals surface area contributed by atoms with Crippen LogP contribution in [-0.2, 0) is 4.79 Å². The molecule has 8 heteroatoms. The van der Waals surface area contributed by atoms with E-state index in [0.29, 0.717) is 26.8 Å². The van der Waals surface area contributed by atoms with Crippen LogP contribution < -0.4 is 5.32 Å². The number of carbonyl (C=O) groups is 1. The molecular formula is C23H17Cl2N3O2S. The Morgan fingerprint density at radius 1 is 0.903 bits per heavy atom. The summed E-state index contributed by atoms with van der Waals surface area (Å²) in [4.78, 5) is 12.3. The number of aromatic nitrogens is 2. The molecule has 1 heterocycles. The van der Waals surface area contributed by atoms with Crippen LogP contribution in [0.25, 0.3) is 0 Å². The minimum Gasteiger partial charge on any atom is -0.415 e. The number of nitrogens with one attached hydrogen (secondary N) is 1. The van der Waals surface area contributed by atoms with Crippen molar-refractivity contribution in [2.24, 2.45) is 0 Å². The van der Waals surface area contributed by atoms with E-state index in [9.17, 15) is 4.79 Å². The van der Waals surface area contributed by atoms with Gasteiger partial charge in [0.15, 0.2) is 0 Å². The first-order valence-corrected chi connectivity index (χ1v) is 11.2. The van der Waals surface area contributed by atoms with E-state index in [0.717, 1.165) is 22.9 Å². The molecule has 0 fully saturated rings. The third-order valence-electron chi connectivity index (χ3n) is 4.49. The molecule has 4 rings (SSSR count). The van der Waals surface area contributed by atoms with Gasteiger partial charge in [-0.05, 0) is 23.3 Å². The van der Waals surface area contributed by atoms with Gasteiger partial charge in [-0.3, -0.25) is 4.79 Å². The number of carbonyl (C=O) groups excluding carboxylic acids is 1. The summed E-state index contributed by atoms with van der Waals surface area (Å²) in [6.45, 7) is 0. The fraction of sp³-hybridized carbons (Fsp3) is 0.0870. The van der Waals surface area contributed by atoms with Crippen LogP contribution >= 0.6 is 35.0 Å². The summed E-state index contributed by atoms with van der Waals surface area (Å²) in [5, 5.41) is 12.1. The monoisotopic (exact) mass is 469 g/mol. The van der Waals surface area contributed by atoms with E-state index in [2.05, 4.69) is 15.5 Å². The first kappa shape index (κ1) is 21.4. The molecule has 1 N–H and O–H groups in total. The second-order valence-corrected chi connectivity index (χ2v) is 8.31. The molecule has 0 saturated heterocycles. The molecule has 0 aliphatic heterocycles. The summed E-state index contributed by atoms with van der Waals surface area (Å²) in [6, 6.07) is 25.0. The van der Waals surface area contributed by atoms with Gasteiger partial charge in [-0.15, -0.1) is 10.2 Å². The van der Waals surface area contributed by atoms with E-state index >= 15 is 0 Å². The van der Waals surface area contributed by atoms with Crippen molar-refractivity contribution in [3.05, 3.63) is 106 Å². The highest BCUT2D eigenvalue weighted by Gasteiger charge is 2.23. The zero-order chi connectivity index (χ0) is 21.6. The summed E-state index contributed by atoms with van der Waals surface area (Å²) in [5.74, 6) is 0.115. The maximum atomic E-state index is 12.3. The molecule has 156 valence electrons. The highest BCUT2D eigenvalue weighted by Crippen LogP contribution is 2.33. The first-order chi connectivity index (χ1) is 15.1. The van der Waals surface area contributed by atoms with Crippen molar-refractivity contribution >= 4 is 46.6 Å². The predicted molar refractivity (Wildman–Crippen MR) is 124 cm³/mol. The second-order valence-electron chi connectivity index (χ2n) is 6.60. The number of thioether (sulfide) groups is 1. The Hall–Kier alpha value is -2.80. The summed E-state index contributed by atoms with van der Waals surface area (Å²) in [7, 11) is 0. The lowest BCUT2D eigenvalue weighted by molar-refractivity contribution is -0.113. The van der Waals surface area contributed by atoms with Gasteiger partial charge in [0.05, 0.1) is 27.4 Å². The van der Waals surface area contributed by atoms with Gasteiger partial charge in [0.1, 0.15) is 0 Å². The van der Waals surface area contributed by atoms with Crippen molar-refractivity contribution in [1.82, 2.24) is 10.2 Å². The van der Waals surface area contributed by atoms with Gasteiger partial charge in [0.2, 0.25) is 11.8 Å². The normalized spacial score (nSPS) is 10.9. The van der Waals surface area contributed by atoms with Gasteiger partial charge >= 0.3 is 0 Å². The Morgan fingerprint density at radius 2 is 1.55 bits per heavy atom. The molecule has 0 saturated carbocycles. The van der Waals surface area contributed by atoms with E-state index in [1.54, 1.807) is 18.2 Å². The Kier molecular flexibility index (Phi) is 6.92. The van der Waals surface area contributed by atoms with Crippen LogP contribution in [-0.4, -0.2) is 21.9 Å². The van der Waals surface area contributed by atoms with E-state index in [1.807, 2.05) is 60.7 Å². The van der Waals surface area contributed by atoms with Crippen molar-refractivity contribution in [1.29, 1.82) is 0 Å². The zero-order valence-electron chi connectivity index (χ0n) is 16.2. The summed E-state index contributed by atoms with van der Waals surface area (Å²) in [5.41, 5.74) is 2.55. The topological polar surface area (TPSA) is 68.0 Å². The lowest BCUT2D eigenvalue weighted by atomic mass is 9.91. The number of anilines is 1. The van der Waals surface area contributed by atoms with Gasteiger partial charge in [0.25, 0.3) is 5.22 Å². The molecule has 0 aliphatic carbocycles. The minimum atomic E-state index is -0.253. The van der Waals surface area contributed by atoms with Crippen molar-refractivity contribution in [3.63, 3.8) is 0 Å². The van der Waals surface area contributed by atoms with Crippen LogP contribution in [0.2, 0.25) is 10.0 Å². The Morgan fingerprint density at radius 3 is 2.19 bits per heavy atom. The van der Waals surface area contributed by atoms with E-state index in [1.165, 1.54) is 0 Å². The van der Waals surface area contributed by atoms with Gasteiger partial charge < -0.3 is 9.73 Å². The molecule has 3 aromatic carbocycles. The number of benzene rings is 3. The fourth-order valence-corrected chi connectivity index (χ4v) is 4.00. The molecule has 0 radical (unpaired) electrons. The van der Waals surface area contributed by atoms with E-state index in [4.69, 9.17) is 27.6 Å². The Labute approximate surface area is 193 Å². The lowest BCUT2D eigenvalue weighted by Gasteiger charge is -2.13. The number of hydrogen-bond donors (Lipinski definition) is 1. The fourth-order valence-electron chi connectivity index (χ4n) is 3.08. The van der Waals surface area contributed by atoms with Crippen LogP contribution in [0, 0.1) is 0 Å². The summed E-state index contributed by atoms with van der Waals surface area (Å²) >= 11 is 13.3. The average Bonchev–Trinajstić information content (AvgIpc) is 3.26. The standard InChI is InChI=1S/C23H17Cl2N3O2S/c24-17-12-7-13-18(21(17)25)26-19(29)14-31-23-28-27-22(30-23)20(15-8-3-1-4-9-15)16-10-5-2-6-11-16/h1-13,20H,14H2,(H,26,29). The number of rotatable bonds is 7. The molecule has 0 aliphatic rings. The predicted octanol–water partition coefficient (Wildman–Crippen LogP) is 6.29. The maximum absolute atomic E-state index is 12.3. The van der Waals surface area contributed by atoms with Crippen LogP contribution in [0.3, 0.4) is 0 Å². The number of hydrogen-bond acceptors (Lipinski definition) is 5. The minimum absolute atomic E-state index is 0.0891. The lowest BCUT2D eigenvalue weighted by Crippen LogP contribution is -2.14. The second kappa shape index (κ2) is 10.0. The van der Waals surface area contributed by atoms with E-state index in [-0.39, 0.29) is 17.6 Å². The highest BCUT2D eigenvalue weighted by molar-refractivity contribution is 7.99. The number of amides is 1. The molecule has 1 aromatic heterocycles. The molecule has 0 spiro atoms. The van der Waals surface area contributed by atoms with Crippen LogP contribution in [0.4, 0.5) is 5.69 Å². The van der Waals surface area contributed by atoms with Crippen molar-refractivity contribution in [2.75, 3.05) is 11.1 Å². The van der Waals surface area contributed by atoms with Crippen molar-refractivity contribution in [3.8, 4) is 0 Å². The maximum Gasteiger partial charge on any atom is 0.277 e. The zero-order valence-corrected chi connectivity index (χ0v) is 18.5. The van der Waals surface area contributed by atoms with Gasteiger partial charge in [-0.25, -0.2) is 0 Å². The van der Waals surface area contributed by atoms with E-state index < -0.39 is 0 Å². The Bertz CT molecular complexity index is 1130. The largest absolute Gasteiger partial charge is 0.415 e. The quantitative estimate of drug-likeness (QED) is 0.322. The molecule has 4 aromatic rings. The highest BCUT2D eigenvalue weighted by atomic mass is 35.5. The SMILES string of the molecule is O=C(CSc1nnc(C(c2ccccc2)c2ccccc2)o1)Nc1cccc(Cl)c1Cl. The van der Waals surface area contributed by atoms with Crippen LogP contribution in [0.1, 0.15) is 22.9 Å². The van der Waals surface area contributed by atoms with Crippen LogP contribution in [0.5, 0.6) is 0 Å². The first-order valence-electron chi connectivity index (χ1n) is 9.42.